The average Bonchev–Trinajstić information content (AvgIpc) is 2.97. The summed E-state index contributed by atoms with van der Waals surface area (Å²) in [6.45, 7) is 0. The van der Waals surface area contributed by atoms with E-state index >= 15 is 0 Å². The van der Waals surface area contributed by atoms with Gasteiger partial charge in [0.05, 0.1) is 24.1 Å². The first kappa shape index (κ1) is 23.4. The van der Waals surface area contributed by atoms with E-state index in [0.717, 1.165) is 42.7 Å². The molecule has 9 heteroatoms. The predicted octanol–water partition coefficient (Wildman–Crippen LogP) is 3.88. The SMILES string of the molecule is COc1ccc(N2C(=O)CC(N(C3CCCCCC3)S(=O)(=O)c3ccc(F)cc3)C2=O)cc1. The fourth-order valence-electron chi connectivity index (χ4n) is 4.68. The molecular weight excluding hydrogens is 447 g/mol. The molecule has 1 aliphatic heterocycles. The largest absolute Gasteiger partial charge is 0.497 e. The van der Waals surface area contributed by atoms with Gasteiger partial charge in [-0.25, -0.2) is 17.7 Å². The molecule has 1 atom stereocenters. The molecule has 2 aliphatic rings. The molecule has 176 valence electrons. The fourth-order valence-corrected chi connectivity index (χ4v) is 6.50. The van der Waals surface area contributed by atoms with E-state index in [1.807, 2.05) is 0 Å². The fraction of sp³-hybridized carbons (Fsp3) is 0.417. The second-order valence-electron chi connectivity index (χ2n) is 8.42. The van der Waals surface area contributed by atoms with E-state index in [2.05, 4.69) is 0 Å². The molecule has 1 unspecified atom stereocenters. The van der Waals surface area contributed by atoms with Crippen molar-refractivity contribution >= 4 is 27.5 Å². The highest BCUT2D eigenvalue weighted by Gasteiger charge is 2.49. The molecule has 0 spiro atoms. The summed E-state index contributed by atoms with van der Waals surface area (Å²) in [4.78, 5) is 27.4. The van der Waals surface area contributed by atoms with Crippen molar-refractivity contribution in [3.8, 4) is 5.75 Å². The number of anilines is 1. The molecule has 0 aromatic heterocycles. The average molecular weight is 475 g/mol. The van der Waals surface area contributed by atoms with E-state index in [1.54, 1.807) is 24.3 Å². The van der Waals surface area contributed by atoms with E-state index in [-0.39, 0.29) is 11.3 Å². The van der Waals surface area contributed by atoms with Crippen LogP contribution in [0.2, 0.25) is 0 Å². The van der Waals surface area contributed by atoms with Crippen LogP contribution in [0, 0.1) is 5.82 Å². The topological polar surface area (TPSA) is 84.0 Å². The molecule has 2 aromatic carbocycles. The van der Waals surface area contributed by atoms with Crippen molar-refractivity contribution < 1.29 is 27.1 Å². The molecule has 2 fully saturated rings. The highest BCUT2D eigenvalue weighted by Crippen LogP contribution is 2.35. The minimum atomic E-state index is -4.14. The molecule has 1 heterocycles. The molecule has 7 nitrogen and oxygen atoms in total. The Morgan fingerprint density at radius 1 is 0.939 bits per heavy atom. The number of carbonyl (C=O) groups is 2. The molecule has 0 N–H and O–H groups in total. The Labute approximate surface area is 193 Å². The van der Waals surface area contributed by atoms with Crippen molar-refractivity contribution in [1.29, 1.82) is 0 Å². The van der Waals surface area contributed by atoms with Gasteiger partial charge in [-0.15, -0.1) is 0 Å². The van der Waals surface area contributed by atoms with E-state index in [1.165, 1.54) is 23.5 Å². The van der Waals surface area contributed by atoms with Crippen LogP contribution in [0.4, 0.5) is 10.1 Å². The zero-order valence-corrected chi connectivity index (χ0v) is 19.3. The number of benzene rings is 2. The van der Waals surface area contributed by atoms with Gasteiger partial charge in [-0.2, -0.15) is 4.31 Å². The molecule has 0 radical (unpaired) electrons. The summed E-state index contributed by atoms with van der Waals surface area (Å²) in [6.07, 6.45) is 4.67. The van der Waals surface area contributed by atoms with Crippen molar-refractivity contribution in [1.82, 2.24) is 4.31 Å². The molecule has 1 aliphatic carbocycles. The molecule has 33 heavy (non-hydrogen) atoms. The minimum absolute atomic E-state index is 0.0868. The number of methoxy groups -OCH3 is 1. The third-order valence-corrected chi connectivity index (χ3v) is 8.31. The second kappa shape index (κ2) is 9.61. The number of carbonyl (C=O) groups excluding carboxylic acids is 2. The Balaban J connectivity index is 1.72. The minimum Gasteiger partial charge on any atom is -0.497 e. The van der Waals surface area contributed by atoms with Crippen LogP contribution in [0.15, 0.2) is 53.4 Å². The highest BCUT2D eigenvalue weighted by atomic mass is 32.2. The Morgan fingerprint density at radius 2 is 1.55 bits per heavy atom. The van der Waals surface area contributed by atoms with Crippen LogP contribution in [0.5, 0.6) is 5.75 Å². The third-order valence-electron chi connectivity index (χ3n) is 6.33. The van der Waals surface area contributed by atoms with Gasteiger partial charge in [0.1, 0.15) is 17.6 Å². The molecule has 2 amide bonds. The van der Waals surface area contributed by atoms with E-state index < -0.39 is 39.7 Å². The molecule has 1 saturated heterocycles. The number of sulfonamides is 1. The molecule has 0 bridgehead atoms. The van der Waals surface area contributed by atoms with Crippen LogP contribution in [0.1, 0.15) is 44.9 Å². The van der Waals surface area contributed by atoms with Crippen molar-refractivity contribution in [2.45, 2.75) is 61.9 Å². The van der Waals surface area contributed by atoms with Gasteiger partial charge in [0.2, 0.25) is 15.9 Å². The van der Waals surface area contributed by atoms with Crippen LogP contribution in [-0.2, 0) is 19.6 Å². The normalized spacial score (nSPS) is 20.3. The van der Waals surface area contributed by atoms with E-state index in [0.29, 0.717) is 24.3 Å². The van der Waals surface area contributed by atoms with Crippen molar-refractivity contribution in [2.75, 3.05) is 12.0 Å². The summed E-state index contributed by atoms with van der Waals surface area (Å²) < 4.78 is 47.3. The first-order chi connectivity index (χ1) is 15.8. The summed E-state index contributed by atoms with van der Waals surface area (Å²) in [6, 6.07) is 9.52. The first-order valence-electron chi connectivity index (χ1n) is 11.1. The molecule has 1 saturated carbocycles. The van der Waals surface area contributed by atoms with Crippen LogP contribution < -0.4 is 9.64 Å². The van der Waals surface area contributed by atoms with Gasteiger partial charge in [-0.05, 0) is 61.4 Å². The van der Waals surface area contributed by atoms with Gasteiger partial charge in [-0.1, -0.05) is 25.7 Å². The second-order valence-corrected chi connectivity index (χ2v) is 10.3. The zero-order chi connectivity index (χ0) is 23.6. The summed E-state index contributed by atoms with van der Waals surface area (Å²) in [7, 11) is -2.63. The highest BCUT2D eigenvalue weighted by molar-refractivity contribution is 7.89. The smallest absolute Gasteiger partial charge is 0.252 e. The number of ether oxygens (including phenoxy) is 1. The maximum Gasteiger partial charge on any atom is 0.252 e. The Hall–Kier alpha value is -2.78. The number of halogens is 1. The Morgan fingerprint density at radius 3 is 2.12 bits per heavy atom. The number of amides is 2. The van der Waals surface area contributed by atoms with Gasteiger partial charge in [0.25, 0.3) is 5.91 Å². The number of hydrogen-bond donors (Lipinski definition) is 0. The summed E-state index contributed by atoms with van der Waals surface area (Å²) in [5, 5.41) is 0. The zero-order valence-electron chi connectivity index (χ0n) is 18.4. The van der Waals surface area contributed by atoms with Crippen LogP contribution >= 0.6 is 0 Å². The third kappa shape index (κ3) is 4.65. The lowest BCUT2D eigenvalue weighted by atomic mass is 10.1. The van der Waals surface area contributed by atoms with Gasteiger partial charge in [0.15, 0.2) is 0 Å². The molecule has 2 aromatic rings. The summed E-state index contributed by atoms with van der Waals surface area (Å²) in [5.74, 6) is -0.996. The standard InChI is InChI=1S/C24H27FN2O5S/c1-32-20-12-10-18(11-13-20)26-23(28)16-22(24(26)29)27(19-6-4-2-3-5-7-19)33(30,31)21-14-8-17(25)9-15-21/h8-15,19,22H,2-7,16H2,1H3. The van der Waals surface area contributed by atoms with Gasteiger partial charge in [0, 0.05) is 6.04 Å². The number of hydrogen-bond acceptors (Lipinski definition) is 5. The lowest BCUT2D eigenvalue weighted by Gasteiger charge is -2.33. The quantitative estimate of drug-likeness (QED) is 0.469. The van der Waals surface area contributed by atoms with Gasteiger partial charge in [-0.3, -0.25) is 9.59 Å². The monoisotopic (exact) mass is 474 g/mol. The lowest BCUT2D eigenvalue weighted by Crippen LogP contribution is -2.50. The maximum atomic E-state index is 13.7. The summed E-state index contributed by atoms with van der Waals surface area (Å²) >= 11 is 0. The number of imide groups is 1. The van der Waals surface area contributed by atoms with E-state index in [4.69, 9.17) is 4.74 Å². The van der Waals surface area contributed by atoms with Crippen molar-refractivity contribution in [2.24, 2.45) is 0 Å². The van der Waals surface area contributed by atoms with E-state index in [9.17, 15) is 22.4 Å². The van der Waals surface area contributed by atoms with Crippen molar-refractivity contribution in [3.63, 3.8) is 0 Å². The first-order valence-corrected chi connectivity index (χ1v) is 12.6. The number of nitrogens with zero attached hydrogens (tertiary/aromatic N) is 2. The van der Waals surface area contributed by atoms with Crippen molar-refractivity contribution in [3.05, 3.63) is 54.3 Å². The predicted molar refractivity (Wildman–Crippen MR) is 121 cm³/mol. The van der Waals surface area contributed by atoms with Crippen LogP contribution in [0.25, 0.3) is 0 Å². The van der Waals surface area contributed by atoms with Crippen LogP contribution in [-0.4, -0.2) is 43.7 Å². The Bertz CT molecular complexity index is 1110. The summed E-state index contributed by atoms with van der Waals surface area (Å²) in [5.41, 5.74) is 0.369. The molecular formula is C24H27FN2O5S. The van der Waals surface area contributed by atoms with Gasteiger partial charge >= 0.3 is 0 Å². The lowest BCUT2D eigenvalue weighted by molar-refractivity contribution is -0.122. The van der Waals surface area contributed by atoms with Gasteiger partial charge < -0.3 is 4.74 Å². The number of rotatable bonds is 6. The molecule has 4 rings (SSSR count). The maximum absolute atomic E-state index is 13.7. The van der Waals surface area contributed by atoms with Crippen LogP contribution in [0.3, 0.4) is 0 Å². The Kier molecular flexibility index (Phi) is 6.81.